The first-order valence-corrected chi connectivity index (χ1v) is 7.12. The van der Waals surface area contributed by atoms with Crippen LogP contribution in [-0.2, 0) is 9.09 Å². The van der Waals surface area contributed by atoms with Crippen molar-refractivity contribution in [1.29, 1.82) is 0 Å². The Hall–Kier alpha value is 0.150. The molecular weight excluding hydrogens is 199 g/mol. The summed E-state index contributed by atoms with van der Waals surface area (Å²) in [5, 5.41) is 0. The molecule has 0 amide bonds. The molecule has 0 aromatic carbocycles. The monoisotopic (exact) mass is 225 g/mol. The van der Waals surface area contributed by atoms with Crippen molar-refractivity contribution in [3.8, 4) is 0 Å². The van der Waals surface area contributed by atoms with Gasteiger partial charge in [0.15, 0.2) is 0 Å². The maximum Gasteiger partial charge on any atom is 0.134 e. The first kappa shape index (κ1) is 19.7. The van der Waals surface area contributed by atoms with Crippen molar-refractivity contribution in [1.82, 2.24) is 0 Å². The molecule has 4 heteroatoms. The Balaban J connectivity index is -0.000000170. The number of rotatable bonds is 4. The van der Waals surface area contributed by atoms with Gasteiger partial charge in [0, 0.05) is 13.3 Å². The van der Waals surface area contributed by atoms with Crippen LogP contribution in [0.3, 0.4) is 0 Å². The van der Waals surface area contributed by atoms with Crippen LogP contribution >= 0.6 is 7.60 Å². The molecule has 0 saturated heterocycles. The fraction of sp³-hybridized carbons (Fsp3) is 1.00. The lowest BCUT2D eigenvalue weighted by molar-refractivity contribution is -0.196. The highest BCUT2D eigenvalue weighted by Gasteiger charge is 2.00. The van der Waals surface area contributed by atoms with Crippen LogP contribution in [0, 0.1) is 0 Å². The van der Waals surface area contributed by atoms with Gasteiger partial charge in [-0.1, -0.05) is 47.5 Å². The Kier molecular flexibility index (Phi) is 22.0. The van der Waals surface area contributed by atoms with E-state index in [1.54, 1.807) is 6.92 Å². The summed E-state index contributed by atoms with van der Waals surface area (Å²) in [5.41, 5.74) is 0. The molecular formula is C10H26O3P-. The predicted molar refractivity (Wildman–Crippen MR) is 61.7 cm³/mol. The number of hydrogen-bond acceptors (Lipinski definition) is 3. The Bertz CT molecular complexity index is 125. The average Bonchev–Trinajstić information content (AvgIpc) is 2.21. The van der Waals surface area contributed by atoms with Gasteiger partial charge < -0.3 is 14.0 Å². The van der Waals surface area contributed by atoms with Crippen molar-refractivity contribution >= 4 is 7.60 Å². The van der Waals surface area contributed by atoms with Crippen molar-refractivity contribution in [2.24, 2.45) is 0 Å². The summed E-state index contributed by atoms with van der Waals surface area (Å²) in [6.07, 6.45) is 3.40. The fourth-order valence-corrected chi connectivity index (χ4v) is 1.10. The van der Waals surface area contributed by atoms with Gasteiger partial charge in [0.1, 0.15) is 7.60 Å². The first-order valence-electron chi connectivity index (χ1n) is 5.39. The van der Waals surface area contributed by atoms with Crippen LogP contribution in [0.25, 0.3) is 0 Å². The molecule has 0 spiro atoms. The summed E-state index contributed by atoms with van der Waals surface area (Å²) in [6, 6.07) is 0. The second-order valence-electron chi connectivity index (χ2n) is 2.52. The zero-order valence-electron chi connectivity index (χ0n) is 10.5. The van der Waals surface area contributed by atoms with Crippen LogP contribution in [0.2, 0.25) is 0 Å². The third-order valence-corrected chi connectivity index (χ3v) is 2.83. The predicted octanol–water partition coefficient (Wildman–Crippen LogP) is 3.43. The average molecular weight is 225 g/mol. The van der Waals surface area contributed by atoms with Crippen LogP contribution < -0.4 is 4.89 Å². The normalized spacial score (nSPS) is 12.8. The SMILES string of the molecule is CC.CCCC.CCCP(=O)([O-])OC. The van der Waals surface area contributed by atoms with E-state index in [4.69, 9.17) is 0 Å². The minimum atomic E-state index is -3.42. The standard InChI is InChI=1S/C4H11O3P.C4H10.C2H6/c1-3-4-8(5,6)7-2;1-3-4-2;1-2/h3-4H2,1-2H3,(H,5,6);3-4H2,1-2H3;1-2H3/p-1. The third-order valence-electron chi connectivity index (χ3n) is 1.28. The molecule has 0 fully saturated rings. The lowest BCUT2D eigenvalue weighted by atomic mass is 10.4. The van der Waals surface area contributed by atoms with Crippen LogP contribution in [0.15, 0.2) is 0 Å². The largest absolute Gasteiger partial charge is 0.779 e. The lowest BCUT2D eigenvalue weighted by Gasteiger charge is -2.18. The molecule has 0 heterocycles. The van der Waals surface area contributed by atoms with E-state index in [-0.39, 0.29) is 6.16 Å². The maximum absolute atomic E-state index is 10.4. The second kappa shape index (κ2) is 15.6. The molecule has 0 aliphatic rings. The van der Waals surface area contributed by atoms with Crippen molar-refractivity contribution in [2.45, 2.75) is 53.9 Å². The summed E-state index contributed by atoms with van der Waals surface area (Å²) >= 11 is 0. The van der Waals surface area contributed by atoms with Crippen LogP contribution in [-0.4, -0.2) is 13.3 Å². The minimum Gasteiger partial charge on any atom is -0.779 e. The van der Waals surface area contributed by atoms with E-state index < -0.39 is 7.60 Å². The van der Waals surface area contributed by atoms with Gasteiger partial charge >= 0.3 is 0 Å². The van der Waals surface area contributed by atoms with Crippen molar-refractivity contribution in [3.63, 3.8) is 0 Å². The highest BCUT2D eigenvalue weighted by atomic mass is 31.2. The highest BCUT2D eigenvalue weighted by Crippen LogP contribution is 2.35. The van der Waals surface area contributed by atoms with Gasteiger partial charge in [-0.25, -0.2) is 0 Å². The van der Waals surface area contributed by atoms with E-state index in [1.165, 1.54) is 20.0 Å². The lowest BCUT2D eigenvalue weighted by Crippen LogP contribution is -2.05. The second-order valence-corrected chi connectivity index (χ2v) is 4.55. The zero-order valence-corrected chi connectivity index (χ0v) is 11.4. The molecule has 14 heavy (non-hydrogen) atoms. The first-order chi connectivity index (χ1) is 6.54. The van der Waals surface area contributed by atoms with Crippen molar-refractivity contribution < 1.29 is 14.0 Å². The summed E-state index contributed by atoms with van der Waals surface area (Å²) < 4.78 is 14.6. The van der Waals surface area contributed by atoms with Crippen molar-refractivity contribution in [2.75, 3.05) is 13.3 Å². The molecule has 1 atom stereocenters. The Morgan fingerprint density at radius 2 is 1.43 bits per heavy atom. The topological polar surface area (TPSA) is 49.4 Å². The molecule has 0 radical (unpaired) electrons. The van der Waals surface area contributed by atoms with Crippen LogP contribution in [0.5, 0.6) is 0 Å². The van der Waals surface area contributed by atoms with E-state index in [0.717, 1.165) is 0 Å². The molecule has 0 aromatic rings. The smallest absolute Gasteiger partial charge is 0.134 e. The molecule has 0 rings (SSSR count). The molecule has 0 aliphatic heterocycles. The summed E-state index contributed by atoms with van der Waals surface area (Å²) in [4.78, 5) is 10.4. The Morgan fingerprint density at radius 1 is 1.07 bits per heavy atom. The Morgan fingerprint density at radius 3 is 1.50 bits per heavy atom. The summed E-state index contributed by atoms with van der Waals surface area (Å²) in [5.74, 6) is 0. The van der Waals surface area contributed by atoms with Gasteiger partial charge in [0.2, 0.25) is 0 Å². The third kappa shape index (κ3) is 22.7. The van der Waals surface area contributed by atoms with Crippen LogP contribution in [0.4, 0.5) is 0 Å². The molecule has 0 aliphatic carbocycles. The van der Waals surface area contributed by atoms with Crippen molar-refractivity contribution in [3.05, 3.63) is 0 Å². The highest BCUT2D eigenvalue weighted by molar-refractivity contribution is 7.51. The van der Waals surface area contributed by atoms with E-state index in [1.807, 2.05) is 13.8 Å². The zero-order chi connectivity index (χ0) is 12.0. The van der Waals surface area contributed by atoms with Gasteiger partial charge in [0.05, 0.1) is 0 Å². The molecule has 90 valence electrons. The van der Waals surface area contributed by atoms with Gasteiger partial charge in [-0.2, -0.15) is 0 Å². The molecule has 0 N–H and O–H groups in total. The minimum absolute atomic E-state index is 0.142. The van der Waals surface area contributed by atoms with E-state index in [9.17, 15) is 9.46 Å². The van der Waals surface area contributed by atoms with E-state index in [2.05, 4.69) is 18.4 Å². The number of unbranched alkanes of at least 4 members (excludes halogenated alkanes) is 1. The summed E-state index contributed by atoms with van der Waals surface area (Å²) in [6.45, 7) is 10.2. The molecule has 0 bridgehead atoms. The van der Waals surface area contributed by atoms with Gasteiger partial charge in [0.25, 0.3) is 0 Å². The maximum atomic E-state index is 10.4. The number of hydrogen-bond donors (Lipinski definition) is 0. The van der Waals surface area contributed by atoms with Gasteiger partial charge in [-0.05, 0) is 6.42 Å². The van der Waals surface area contributed by atoms with E-state index in [0.29, 0.717) is 6.42 Å². The van der Waals surface area contributed by atoms with Gasteiger partial charge in [-0.15, -0.1) is 0 Å². The Labute approximate surface area is 89.4 Å². The van der Waals surface area contributed by atoms with Crippen LogP contribution in [0.1, 0.15) is 53.9 Å². The fourth-order valence-electron chi connectivity index (χ4n) is 0.365. The van der Waals surface area contributed by atoms with Gasteiger partial charge in [-0.3, -0.25) is 0 Å². The summed E-state index contributed by atoms with van der Waals surface area (Å²) in [7, 11) is -2.24. The van der Waals surface area contributed by atoms with E-state index >= 15 is 0 Å². The molecule has 0 aromatic heterocycles. The molecule has 3 nitrogen and oxygen atoms in total. The molecule has 0 saturated carbocycles. The molecule has 1 unspecified atom stereocenters. The quantitative estimate of drug-likeness (QED) is 0.689.